The highest BCUT2D eigenvalue weighted by Gasteiger charge is 2.13. The highest BCUT2D eigenvalue weighted by molar-refractivity contribution is 6.02. The Hall–Kier alpha value is -2.42. The topological polar surface area (TPSA) is 62.1 Å². The summed E-state index contributed by atoms with van der Waals surface area (Å²) in [5.41, 5.74) is 0.0623. The first-order chi connectivity index (χ1) is 9.43. The minimum absolute atomic E-state index is 0.0902. The van der Waals surface area contributed by atoms with Gasteiger partial charge in [0, 0.05) is 11.6 Å². The first-order valence-corrected chi connectivity index (χ1v) is 5.90. The number of rotatable bonds is 5. The fraction of sp³-hybridized carbons (Fsp3) is 0.286. The van der Waals surface area contributed by atoms with Crippen LogP contribution in [-0.4, -0.2) is 18.6 Å². The van der Waals surface area contributed by atoms with Gasteiger partial charge in [0.2, 0.25) is 0 Å². The summed E-state index contributed by atoms with van der Waals surface area (Å²) >= 11 is 0. The normalized spacial score (nSPS) is 11.3. The quantitative estimate of drug-likeness (QED) is 0.666. The van der Waals surface area contributed by atoms with Crippen molar-refractivity contribution in [3.8, 4) is 11.8 Å². The highest BCUT2D eigenvalue weighted by Crippen LogP contribution is 2.22. The van der Waals surface area contributed by atoms with Crippen LogP contribution in [0.15, 0.2) is 29.8 Å². The number of para-hydroxylation sites is 1. The number of halogens is 2. The summed E-state index contributed by atoms with van der Waals surface area (Å²) in [4.78, 5) is 11.7. The summed E-state index contributed by atoms with van der Waals surface area (Å²) in [5, 5.41) is 11.5. The first kappa shape index (κ1) is 15.6. The van der Waals surface area contributed by atoms with E-state index >= 15 is 0 Å². The molecule has 0 fully saturated rings. The molecular weight excluding hydrogens is 266 g/mol. The molecule has 0 bridgehead atoms. The van der Waals surface area contributed by atoms with Crippen LogP contribution in [0.4, 0.5) is 8.78 Å². The van der Waals surface area contributed by atoms with Gasteiger partial charge in [-0.25, -0.2) is 0 Å². The molecule has 1 rings (SSSR count). The third-order valence-corrected chi connectivity index (χ3v) is 2.22. The third-order valence-electron chi connectivity index (χ3n) is 2.22. The molecule has 1 aromatic rings. The fourth-order valence-corrected chi connectivity index (χ4v) is 1.45. The van der Waals surface area contributed by atoms with E-state index in [1.165, 1.54) is 24.3 Å². The lowest BCUT2D eigenvalue weighted by molar-refractivity contribution is -0.117. The molecule has 0 aliphatic carbocycles. The fourth-order valence-electron chi connectivity index (χ4n) is 1.45. The number of hydrogen-bond acceptors (Lipinski definition) is 3. The largest absolute Gasteiger partial charge is 0.434 e. The van der Waals surface area contributed by atoms with E-state index in [0.717, 1.165) is 0 Å². The molecule has 0 saturated heterocycles. The number of nitriles is 1. The van der Waals surface area contributed by atoms with Gasteiger partial charge in [0.1, 0.15) is 17.4 Å². The van der Waals surface area contributed by atoms with Crippen LogP contribution in [0.2, 0.25) is 0 Å². The van der Waals surface area contributed by atoms with E-state index in [1.54, 1.807) is 26.0 Å². The number of hydrogen-bond donors (Lipinski definition) is 1. The predicted molar refractivity (Wildman–Crippen MR) is 69.9 cm³/mol. The maximum Gasteiger partial charge on any atom is 0.387 e. The Balaban J connectivity index is 3.07. The Kier molecular flexibility index (Phi) is 5.66. The molecule has 4 nitrogen and oxygen atoms in total. The van der Waals surface area contributed by atoms with Gasteiger partial charge in [-0.3, -0.25) is 4.79 Å². The monoisotopic (exact) mass is 280 g/mol. The van der Waals surface area contributed by atoms with Crippen LogP contribution in [0.3, 0.4) is 0 Å². The number of nitrogens with one attached hydrogen (secondary N) is 1. The molecule has 0 aliphatic heterocycles. The molecular formula is C14H14F2N2O2. The number of amides is 1. The predicted octanol–water partition coefficient (Wildman–Crippen LogP) is 2.72. The average molecular weight is 280 g/mol. The van der Waals surface area contributed by atoms with Crippen LogP contribution in [0, 0.1) is 11.3 Å². The van der Waals surface area contributed by atoms with Crippen molar-refractivity contribution in [3.05, 3.63) is 35.4 Å². The Morgan fingerprint density at radius 2 is 2.05 bits per heavy atom. The van der Waals surface area contributed by atoms with Crippen LogP contribution in [0.1, 0.15) is 19.4 Å². The van der Waals surface area contributed by atoms with E-state index in [1.807, 2.05) is 0 Å². The van der Waals surface area contributed by atoms with Crippen molar-refractivity contribution in [3.63, 3.8) is 0 Å². The minimum atomic E-state index is -2.97. The van der Waals surface area contributed by atoms with Crippen molar-refractivity contribution < 1.29 is 18.3 Å². The smallest absolute Gasteiger partial charge is 0.387 e. The van der Waals surface area contributed by atoms with Crippen molar-refractivity contribution in [1.29, 1.82) is 5.26 Å². The van der Waals surface area contributed by atoms with Gasteiger partial charge in [-0.2, -0.15) is 14.0 Å². The van der Waals surface area contributed by atoms with Crippen LogP contribution < -0.4 is 10.1 Å². The van der Waals surface area contributed by atoms with Crippen molar-refractivity contribution in [1.82, 2.24) is 5.32 Å². The van der Waals surface area contributed by atoms with Crippen LogP contribution in [0.25, 0.3) is 6.08 Å². The molecule has 0 spiro atoms. The average Bonchev–Trinajstić information content (AvgIpc) is 2.36. The molecule has 0 atom stereocenters. The first-order valence-electron chi connectivity index (χ1n) is 5.90. The molecule has 1 N–H and O–H groups in total. The number of nitrogens with zero attached hydrogens (tertiary/aromatic N) is 1. The van der Waals surface area contributed by atoms with Crippen molar-refractivity contribution >= 4 is 12.0 Å². The molecule has 20 heavy (non-hydrogen) atoms. The summed E-state index contributed by atoms with van der Waals surface area (Å²) in [5.74, 6) is -0.651. The van der Waals surface area contributed by atoms with Crippen molar-refractivity contribution in [2.75, 3.05) is 0 Å². The van der Waals surface area contributed by atoms with E-state index in [-0.39, 0.29) is 22.9 Å². The van der Waals surface area contributed by atoms with E-state index < -0.39 is 12.5 Å². The van der Waals surface area contributed by atoms with E-state index in [9.17, 15) is 13.6 Å². The third kappa shape index (κ3) is 4.69. The second-order valence-corrected chi connectivity index (χ2v) is 4.21. The molecule has 1 amide bonds. The number of carbonyl (C=O) groups excluding carboxylic acids is 1. The Morgan fingerprint density at radius 3 is 2.60 bits per heavy atom. The Labute approximate surface area is 115 Å². The number of carbonyl (C=O) groups is 1. The van der Waals surface area contributed by atoms with Crippen molar-refractivity contribution in [2.45, 2.75) is 26.5 Å². The molecule has 0 radical (unpaired) electrons. The number of benzene rings is 1. The molecule has 0 aromatic heterocycles. The summed E-state index contributed by atoms with van der Waals surface area (Å²) in [6.07, 6.45) is 1.22. The van der Waals surface area contributed by atoms with Crippen molar-refractivity contribution in [2.24, 2.45) is 0 Å². The highest BCUT2D eigenvalue weighted by atomic mass is 19.3. The maximum absolute atomic E-state index is 12.3. The molecule has 6 heteroatoms. The van der Waals surface area contributed by atoms with Gasteiger partial charge < -0.3 is 10.1 Å². The van der Waals surface area contributed by atoms with Gasteiger partial charge in [-0.05, 0) is 26.0 Å². The van der Waals surface area contributed by atoms with Crippen LogP contribution >= 0.6 is 0 Å². The summed E-state index contributed by atoms with van der Waals surface area (Å²) in [6, 6.07) is 7.55. The Bertz CT molecular complexity index is 548. The second kappa shape index (κ2) is 7.24. The van der Waals surface area contributed by atoms with E-state index in [0.29, 0.717) is 0 Å². The van der Waals surface area contributed by atoms with Crippen LogP contribution in [0.5, 0.6) is 5.75 Å². The molecule has 1 aromatic carbocycles. The molecule has 0 aliphatic rings. The number of ether oxygens (including phenoxy) is 1. The zero-order valence-corrected chi connectivity index (χ0v) is 11.1. The SMILES string of the molecule is CC(C)NC(=O)/C(C#N)=C/c1ccccc1OC(F)F. The summed E-state index contributed by atoms with van der Waals surface area (Å²) < 4.78 is 28.9. The second-order valence-electron chi connectivity index (χ2n) is 4.21. The zero-order chi connectivity index (χ0) is 15.1. The van der Waals surface area contributed by atoms with Gasteiger partial charge in [-0.1, -0.05) is 18.2 Å². The van der Waals surface area contributed by atoms with E-state index in [4.69, 9.17) is 5.26 Å². The van der Waals surface area contributed by atoms with Gasteiger partial charge in [0.25, 0.3) is 5.91 Å². The summed E-state index contributed by atoms with van der Waals surface area (Å²) in [7, 11) is 0. The molecule has 0 unspecified atom stereocenters. The maximum atomic E-state index is 12.3. The van der Waals surface area contributed by atoms with Gasteiger partial charge >= 0.3 is 6.61 Å². The minimum Gasteiger partial charge on any atom is -0.434 e. The number of alkyl halides is 2. The molecule has 0 saturated carbocycles. The van der Waals surface area contributed by atoms with E-state index in [2.05, 4.69) is 10.1 Å². The summed E-state index contributed by atoms with van der Waals surface area (Å²) in [6.45, 7) is 0.529. The standard InChI is InChI=1S/C14H14F2N2O2/c1-9(2)18-13(19)11(8-17)7-10-5-3-4-6-12(10)20-14(15)16/h3-7,9,14H,1-2H3,(H,18,19)/b11-7+. The van der Waals surface area contributed by atoms with Gasteiger partial charge in [0.15, 0.2) is 0 Å². The Morgan fingerprint density at radius 1 is 1.40 bits per heavy atom. The van der Waals surface area contributed by atoms with Crippen LogP contribution in [-0.2, 0) is 4.79 Å². The lowest BCUT2D eigenvalue weighted by Gasteiger charge is -2.09. The lowest BCUT2D eigenvalue weighted by Crippen LogP contribution is -2.30. The zero-order valence-electron chi connectivity index (χ0n) is 11.1. The lowest BCUT2D eigenvalue weighted by atomic mass is 10.1. The van der Waals surface area contributed by atoms with Gasteiger partial charge in [-0.15, -0.1) is 0 Å². The molecule has 106 valence electrons. The molecule has 0 heterocycles. The van der Waals surface area contributed by atoms with Gasteiger partial charge in [0.05, 0.1) is 0 Å².